The number of carbonyl (C=O) groups excluding carboxylic acids is 2. The Labute approximate surface area is 180 Å². The predicted molar refractivity (Wildman–Crippen MR) is 115 cm³/mol. The van der Waals surface area contributed by atoms with Crippen LogP contribution in [0, 0.1) is 12.7 Å². The fourth-order valence-corrected chi connectivity index (χ4v) is 4.18. The maximum atomic E-state index is 13.1. The number of halogens is 1. The summed E-state index contributed by atoms with van der Waals surface area (Å²) in [5.41, 5.74) is 5.17. The highest BCUT2D eigenvalue weighted by Crippen LogP contribution is 2.30. The number of nitrogens with zero attached hydrogens (tertiary/aromatic N) is 3. The van der Waals surface area contributed by atoms with Crippen molar-refractivity contribution in [1.82, 2.24) is 15.2 Å². The van der Waals surface area contributed by atoms with Crippen LogP contribution >= 0.6 is 0 Å². The Morgan fingerprint density at radius 1 is 1.13 bits per heavy atom. The van der Waals surface area contributed by atoms with Gasteiger partial charge in [-0.25, -0.2) is 9.82 Å². The van der Waals surface area contributed by atoms with E-state index >= 15 is 0 Å². The molecular weight excluding hydrogens is 399 g/mol. The molecule has 0 spiro atoms. The number of furan rings is 1. The molecule has 1 N–H and O–H groups in total. The van der Waals surface area contributed by atoms with Crippen molar-refractivity contribution in [1.29, 1.82) is 0 Å². The van der Waals surface area contributed by atoms with Gasteiger partial charge in [0.15, 0.2) is 5.76 Å². The number of benzene rings is 1. The van der Waals surface area contributed by atoms with Crippen molar-refractivity contribution in [2.24, 2.45) is 5.10 Å². The molecule has 1 aliphatic carbocycles. The van der Waals surface area contributed by atoms with Gasteiger partial charge >= 0.3 is 0 Å². The smallest absolute Gasteiger partial charge is 0.289 e. The second-order valence-electron chi connectivity index (χ2n) is 7.94. The van der Waals surface area contributed by atoms with Crippen LogP contribution in [0.1, 0.15) is 57.6 Å². The van der Waals surface area contributed by atoms with Gasteiger partial charge < -0.3 is 14.2 Å². The zero-order chi connectivity index (χ0) is 22.0. The Morgan fingerprint density at radius 2 is 1.84 bits per heavy atom. The molecule has 4 rings (SSSR count). The Balaban J connectivity index is 1.53. The first-order valence-corrected chi connectivity index (χ1v) is 10.7. The summed E-state index contributed by atoms with van der Waals surface area (Å²) in [5, 5.41) is 4.32. The van der Waals surface area contributed by atoms with Crippen LogP contribution in [0.15, 0.2) is 33.8 Å². The fraction of sp³-hybridized carbons (Fsp3) is 0.435. The maximum Gasteiger partial charge on any atom is 0.289 e. The average molecular weight is 426 g/mol. The largest absolute Gasteiger partial charge is 0.455 e. The fourth-order valence-electron chi connectivity index (χ4n) is 4.18. The minimum atomic E-state index is -0.411. The van der Waals surface area contributed by atoms with Crippen molar-refractivity contribution < 1.29 is 18.4 Å². The molecular formula is C23H27FN4O3. The summed E-state index contributed by atoms with van der Waals surface area (Å²) >= 11 is 0. The number of hydrogen-bond acceptors (Lipinski definition) is 5. The minimum Gasteiger partial charge on any atom is -0.455 e. The molecule has 2 aromatic rings. The molecule has 8 heteroatoms. The molecule has 0 bridgehead atoms. The Morgan fingerprint density at radius 3 is 2.52 bits per heavy atom. The van der Waals surface area contributed by atoms with Gasteiger partial charge in [-0.3, -0.25) is 9.59 Å². The van der Waals surface area contributed by atoms with Crippen LogP contribution in [0.3, 0.4) is 0 Å². The second kappa shape index (κ2) is 9.01. The van der Waals surface area contributed by atoms with Crippen molar-refractivity contribution in [3.05, 3.63) is 58.3 Å². The van der Waals surface area contributed by atoms with Crippen molar-refractivity contribution in [3.63, 3.8) is 0 Å². The molecule has 164 valence electrons. The topological polar surface area (TPSA) is 78.2 Å². The third kappa shape index (κ3) is 4.39. The number of rotatable bonds is 4. The van der Waals surface area contributed by atoms with Crippen molar-refractivity contribution >= 4 is 17.5 Å². The quantitative estimate of drug-likeness (QED) is 0.763. The van der Waals surface area contributed by atoms with Gasteiger partial charge in [0.2, 0.25) is 0 Å². The van der Waals surface area contributed by atoms with Crippen molar-refractivity contribution in [2.45, 2.75) is 33.1 Å². The highest BCUT2D eigenvalue weighted by Gasteiger charge is 2.31. The molecule has 0 atom stereocenters. The van der Waals surface area contributed by atoms with Gasteiger partial charge in [-0.05, 0) is 50.6 Å². The van der Waals surface area contributed by atoms with E-state index in [2.05, 4.69) is 22.4 Å². The first kappa shape index (κ1) is 21.2. The number of hydrogen-bond donors (Lipinski definition) is 1. The van der Waals surface area contributed by atoms with E-state index in [0.717, 1.165) is 49.4 Å². The van der Waals surface area contributed by atoms with Gasteiger partial charge in [-0.1, -0.05) is 6.92 Å². The van der Waals surface area contributed by atoms with Crippen LogP contribution in [-0.4, -0.2) is 60.0 Å². The zero-order valence-electron chi connectivity index (χ0n) is 17.9. The first-order chi connectivity index (χ1) is 15.0. The number of piperazine rings is 1. The van der Waals surface area contributed by atoms with E-state index in [9.17, 15) is 14.0 Å². The van der Waals surface area contributed by atoms with Gasteiger partial charge in [0.05, 0.1) is 5.71 Å². The molecule has 1 fully saturated rings. The lowest BCUT2D eigenvalue weighted by Crippen LogP contribution is -2.48. The van der Waals surface area contributed by atoms with E-state index in [1.165, 1.54) is 24.3 Å². The molecule has 2 amide bonds. The number of likely N-dealkylation sites (N-methyl/N-ethyl adjacent to an activating group) is 1. The summed E-state index contributed by atoms with van der Waals surface area (Å²) in [4.78, 5) is 29.6. The summed E-state index contributed by atoms with van der Waals surface area (Å²) < 4.78 is 19.1. The number of fused-ring (bicyclic) bond motifs is 1. The van der Waals surface area contributed by atoms with E-state index < -0.39 is 11.7 Å². The third-order valence-electron chi connectivity index (χ3n) is 6.03. The lowest BCUT2D eigenvalue weighted by atomic mass is 9.93. The van der Waals surface area contributed by atoms with Gasteiger partial charge in [0, 0.05) is 49.3 Å². The molecule has 1 aromatic carbocycles. The van der Waals surface area contributed by atoms with Crippen LogP contribution in [0.5, 0.6) is 0 Å². The predicted octanol–water partition coefficient (Wildman–Crippen LogP) is 2.98. The molecule has 31 heavy (non-hydrogen) atoms. The van der Waals surface area contributed by atoms with Gasteiger partial charge in [-0.15, -0.1) is 0 Å². The number of amides is 2. The molecule has 2 aliphatic rings. The number of carbonyl (C=O) groups is 2. The standard InChI is InChI=1S/C23H27FN4O3/c1-3-27-11-13-28(14-12-27)23(30)21-15(2)20-18(5-4-6-19(20)31-21)25-26-22(29)16-7-9-17(24)10-8-16/h7-10H,3-6,11-14H2,1-2H3,(H,26,29)/b25-18+. The molecule has 0 unspecified atom stereocenters. The van der Waals surface area contributed by atoms with Crippen LogP contribution in [0.4, 0.5) is 4.39 Å². The van der Waals surface area contributed by atoms with E-state index in [4.69, 9.17) is 4.42 Å². The number of aryl methyl sites for hydroxylation is 1. The van der Waals surface area contributed by atoms with Gasteiger partial charge in [0.1, 0.15) is 11.6 Å². The summed E-state index contributed by atoms with van der Waals surface area (Å²) in [6, 6.07) is 5.29. The lowest BCUT2D eigenvalue weighted by molar-refractivity contribution is 0.0609. The van der Waals surface area contributed by atoms with Gasteiger partial charge in [-0.2, -0.15) is 5.10 Å². The summed E-state index contributed by atoms with van der Waals surface area (Å²) in [6.07, 6.45) is 2.24. The number of hydrazone groups is 1. The van der Waals surface area contributed by atoms with E-state index in [1.807, 2.05) is 11.8 Å². The average Bonchev–Trinajstić information content (AvgIpc) is 3.14. The third-order valence-corrected chi connectivity index (χ3v) is 6.03. The second-order valence-corrected chi connectivity index (χ2v) is 7.94. The molecule has 1 aromatic heterocycles. The Hall–Kier alpha value is -3.00. The molecule has 1 aliphatic heterocycles. The van der Waals surface area contributed by atoms with E-state index in [1.54, 1.807) is 0 Å². The van der Waals surface area contributed by atoms with E-state index in [-0.39, 0.29) is 5.91 Å². The molecule has 1 saturated heterocycles. The summed E-state index contributed by atoms with van der Waals surface area (Å²) in [7, 11) is 0. The maximum absolute atomic E-state index is 13.1. The summed E-state index contributed by atoms with van der Waals surface area (Å²) in [5.74, 6) is 0.216. The molecule has 2 heterocycles. The van der Waals surface area contributed by atoms with Crippen LogP contribution < -0.4 is 5.43 Å². The molecule has 7 nitrogen and oxygen atoms in total. The molecule has 0 radical (unpaired) electrons. The number of nitrogens with one attached hydrogen (secondary N) is 1. The van der Waals surface area contributed by atoms with Crippen LogP contribution in [-0.2, 0) is 6.42 Å². The molecule has 0 saturated carbocycles. The highest BCUT2D eigenvalue weighted by atomic mass is 19.1. The SMILES string of the molecule is CCN1CCN(C(=O)c2oc3c(c2C)/C(=N/NC(=O)c2ccc(F)cc2)CCC3)CC1. The van der Waals surface area contributed by atoms with Gasteiger partial charge in [0.25, 0.3) is 11.8 Å². The van der Waals surface area contributed by atoms with Crippen molar-refractivity contribution in [2.75, 3.05) is 32.7 Å². The van der Waals surface area contributed by atoms with E-state index in [0.29, 0.717) is 36.5 Å². The van der Waals surface area contributed by atoms with Crippen LogP contribution in [0.25, 0.3) is 0 Å². The minimum absolute atomic E-state index is 0.0858. The first-order valence-electron chi connectivity index (χ1n) is 10.7. The van der Waals surface area contributed by atoms with Crippen molar-refractivity contribution in [3.8, 4) is 0 Å². The Bertz CT molecular complexity index is 1000. The summed E-state index contributed by atoms with van der Waals surface area (Å²) in [6.45, 7) is 8.09. The highest BCUT2D eigenvalue weighted by molar-refractivity contribution is 6.07. The lowest BCUT2D eigenvalue weighted by Gasteiger charge is -2.33. The Kier molecular flexibility index (Phi) is 6.18. The normalized spacial score (nSPS) is 18.2. The van der Waals surface area contributed by atoms with Crippen LogP contribution in [0.2, 0.25) is 0 Å². The monoisotopic (exact) mass is 426 g/mol. The zero-order valence-corrected chi connectivity index (χ0v) is 17.9.